The third-order valence-electron chi connectivity index (χ3n) is 1.72. The summed E-state index contributed by atoms with van der Waals surface area (Å²) in [7, 11) is -1.56. The molecule has 1 N–H and O–H groups in total. The van der Waals surface area contributed by atoms with Gasteiger partial charge < -0.3 is 9.67 Å². The van der Waals surface area contributed by atoms with Crippen molar-refractivity contribution in [2.24, 2.45) is 7.05 Å². The fourth-order valence-electron chi connectivity index (χ4n) is 1.06. The molecule has 5 heteroatoms. The van der Waals surface area contributed by atoms with Crippen LogP contribution in [-0.4, -0.2) is 24.3 Å². The summed E-state index contributed by atoms with van der Waals surface area (Å²) >= 11 is 0. The van der Waals surface area contributed by atoms with E-state index < -0.39 is 9.84 Å². The van der Waals surface area contributed by atoms with Gasteiger partial charge in [-0.1, -0.05) is 0 Å². The topological polar surface area (TPSA) is 59.3 Å². The van der Waals surface area contributed by atoms with Crippen LogP contribution in [0.4, 0.5) is 0 Å². The molecule has 0 aromatic carbocycles. The summed E-state index contributed by atoms with van der Waals surface area (Å²) < 4.78 is 23.6. The van der Waals surface area contributed by atoms with Gasteiger partial charge in [-0.2, -0.15) is 0 Å². The van der Waals surface area contributed by atoms with E-state index in [0.29, 0.717) is 5.69 Å². The summed E-state index contributed by atoms with van der Waals surface area (Å²) in [5.41, 5.74) is 0.593. The lowest BCUT2D eigenvalue weighted by molar-refractivity contribution is 0.271. The van der Waals surface area contributed by atoms with Crippen LogP contribution in [-0.2, 0) is 23.5 Å². The predicted octanol–water partition coefficient (Wildman–Crippen LogP) is -0.0791. The summed E-state index contributed by atoms with van der Waals surface area (Å²) in [4.78, 5) is 0. The van der Waals surface area contributed by atoms with Gasteiger partial charge in [0.05, 0.1) is 6.61 Å². The molecule has 0 saturated carbocycles. The van der Waals surface area contributed by atoms with Crippen molar-refractivity contribution < 1.29 is 13.5 Å². The van der Waals surface area contributed by atoms with Crippen LogP contribution in [0.5, 0.6) is 0 Å². The molecule has 0 fully saturated rings. The smallest absolute Gasteiger partial charge is 0.190 e. The summed E-state index contributed by atoms with van der Waals surface area (Å²) in [5, 5.41) is 9.01. The van der Waals surface area contributed by atoms with E-state index in [1.807, 2.05) is 0 Å². The molecule has 0 aliphatic heterocycles. The lowest BCUT2D eigenvalue weighted by atomic mass is 10.5. The first-order valence-corrected chi connectivity index (χ1v) is 5.31. The molecule has 0 atom stereocenters. The number of nitrogens with zero attached hydrogens (tertiary/aromatic N) is 1. The van der Waals surface area contributed by atoms with Gasteiger partial charge in [0.15, 0.2) is 9.84 Å². The van der Waals surface area contributed by atoms with E-state index in [1.165, 1.54) is 10.6 Å². The highest BCUT2D eigenvalue weighted by atomic mass is 32.2. The minimum Gasteiger partial charge on any atom is -0.390 e. The predicted molar refractivity (Wildman–Crippen MR) is 44.4 cm³/mol. The molecule has 1 rings (SSSR count). The Morgan fingerprint density at radius 3 is 2.33 bits per heavy atom. The Hall–Kier alpha value is -0.810. The molecule has 4 nitrogen and oxygen atoms in total. The number of aliphatic hydroxyl groups excluding tert-OH is 1. The van der Waals surface area contributed by atoms with E-state index in [9.17, 15) is 8.42 Å². The first kappa shape index (κ1) is 9.28. The lowest BCUT2D eigenvalue weighted by Gasteiger charge is -2.02. The SMILES string of the molecule is Cn1c(CO)ccc1S(C)(=O)=O. The van der Waals surface area contributed by atoms with Crippen LogP contribution < -0.4 is 0 Å². The fraction of sp³-hybridized carbons (Fsp3) is 0.429. The Morgan fingerprint density at radius 1 is 1.50 bits per heavy atom. The fourth-order valence-corrected chi connectivity index (χ4v) is 1.99. The Bertz CT molecular complexity index is 377. The van der Waals surface area contributed by atoms with Gasteiger partial charge in [0.2, 0.25) is 0 Å². The molecule has 0 unspecified atom stereocenters. The highest BCUT2D eigenvalue weighted by molar-refractivity contribution is 7.90. The number of aromatic nitrogens is 1. The largest absolute Gasteiger partial charge is 0.390 e. The number of rotatable bonds is 2. The Kier molecular flexibility index (Phi) is 2.25. The van der Waals surface area contributed by atoms with Crippen LogP contribution in [0.1, 0.15) is 5.69 Å². The molecule has 0 saturated heterocycles. The van der Waals surface area contributed by atoms with E-state index in [2.05, 4.69) is 0 Å². The van der Waals surface area contributed by atoms with Gasteiger partial charge in [0.1, 0.15) is 5.03 Å². The quantitative estimate of drug-likeness (QED) is 0.708. The highest BCUT2D eigenvalue weighted by Crippen LogP contribution is 2.12. The van der Waals surface area contributed by atoms with Crippen molar-refractivity contribution in [3.63, 3.8) is 0 Å². The van der Waals surface area contributed by atoms with Crippen LogP contribution in [0.15, 0.2) is 17.2 Å². The normalized spacial score (nSPS) is 11.9. The van der Waals surface area contributed by atoms with Crippen molar-refractivity contribution in [2.45, 2.75) is 11.6 Å². The summed E-state index contributed by atoms with van der Waals surface area (Å²) in [5.74, 6) is 0. The Balaban J connectivity index is 3.30. The molecule has 1 aromatic rings. The Labute approximate surface area is 71.4 Å². The molecule has 0 aliphatic rings. The molecule has 0 amide bonds. The maximum absolute atomic E-state index is 11.1. The van der Waals surface area contributed by atoms with Gasteiger partial charge in [-0.25, -0.2) is 8.42 Å². The third-order valence-corrected chi connectivity index (χ3v) is 2.89. The Morgan fingerprint density at radius 2 is 2.08 bits per heavy atom. The summed E-state index contributed by atoms with van der Waals surface area (Å²) in [6, 6.07) is 3.08. The van der Waals surface area contributed by atoms with Crippen LogP contribution in [0, 0.1) is 0 Å². The molecule has 1 aromatic heterocycles. The minimum atomic E-state index is -3.17. The number of hydrogen-bond donors (Lipinski definition) is 1. The highest BCUT2D eigenvalue weighted by Gasteiger charge is 2.12. The maximum Gasteiger partial charge on any atom is 0.190 e. The molecule has 0 bridgehead atoms. The van der Waals surface area contributed by atoms with Crippen LogP contribution in [0.3, 0.4) is 0 Å². The maximum atomic E-state index is 11.1. The van der Waals surface area contributed by atoms with Gasteiger partial charge in [0.25, 0.3) is 0 Å². The molecule has 0 radical (unpaired) electrons. The van der Waals surface area contributed by atoms with E-state index >= 15 is 0 Å². The van der Waals surface area contributed by atoms with Crippen molar-refractivity contribution in [1.82, 2.24) is 4.57 Å². The van der Waals surface area contributed by atoms with Crippen molar-refractivity contribution in [3.05, 3.63) is 17.8 Å². The molecule has 0 spiro atoms. The average Bonchev–Trinajstić information content (AvgIpc) is 2.29. The second kappa shape index (κ2) is 2.91. The second-order valence-corrected chi connectivity index (χ2v) is 4.61. The lowest BCUT2D eigenvalue weighted by Crippen LogP contribution is -2.06. The van der Waals surface area contributed by atoms with Crippen molar-refractivity contribution in [1.29, 1.82) is 0 Å². The molecule has 1 heterocycles. The van der Waals surface area contributed by atoms with E-state index in [-0.39, 0.29) is 11.6 Å². The zero-order chi connectivity index (χ0) is 9.35. The van der Waals surface area contributed by atoms with E-state index in [4.69, 9.17) is 5.11 Å². The van der Waals surface area contributed by atoms with Crippen molar-refractivity contribution in [3.8, 4) is 0 Å². The minimum absolute atomic E-state index is 0.147. The first-order chi connectivity index (χ1) is 5.46. The number of sulfone groups is 1. The molecule has 68 valence electrons. The first-order valence-electron chi connectivity index (χ1n) is 3.42. The zero-order valence-corrected chi connectivity index (χ0v) is 7.80. The monoisotopic (exact) mass is 189 g/mol. The molecule has 0 aliphatic carbocycles. The molecular formula is C7H11NO3S. The van der Waals surface area contributed by atoms with Crippen LogP contribution >= 0.6 is 0 Å². The third kappa shape index (κ3) is 1.51. The number of hydrogen-bond acceptors (Lipinski definition) is 3. The molecule has 12 heavy (non-hydrogen) atoms. The standard InChI is InChI=1S/C7H11NO3S/c1-8-6(5-9)3-4-7(8)12(2,10)11/h3-4,9H,5H2,1-2H3. The zero-order valence-electron chi connectivity index (χ0n) is 6.98. The summed E-state index contributed by atoms with van der Waals surface area (Å²) in [6.07, 6.45) is 1.14. The number of aliphatic hydroxyl groups is 1. The van der Waals surface area contributed by atoms with E-state index in [1.54, 1.807) is 13.1 Å². The van der Waals surface area contributed by atoms with Gasteiger partial charge >= 0.3 is 0 Å². The van der Waals surface area contributed by atoms with Gasteiger partial charge in [-0.15, -0.1) is 0 Å². The summed E-state index contributed by atoms with van der Waals surface area (Å²) in [6.45, 7) is -0.147. The van der Waals surface area contributed by atoms with Crippen LogP contribution in [0.2, 0.25) is 0 Å². The van der Waals surface area contributed by atoms with Crippen molar-refractivity contribution in [2.75, 3.05) is 6.26 Å². The van der Waals surface area contributed by atoms with Crippen molar-refractivity contribution >= 4 is 9.84 Å². The van der Waals surface area contributed by atoms with Gasteiger partial charge in [0, 0.05) is 19.0 Å². The molecular weight excluding hydrogens is 178 g/mol. The van der Waals surface area contributed by atoms with E-state index in [0.717, 1.165) is 6.26 Å². The second-order valence-electron chi connectivity index (χ2n) is 2.65. The average molecular weight is 189 g/mol. The van der Waals surface area contributed by atoms with Gasteiger partial charge in [-0.3, -0.25) is 0 Å². The van der Waals surface area contributed by atoms with Gasteiger partial charge in [-0.05, 0) is 12.1 Å². The van der Waals surface area contributed by atoms with Crippen LogP contribution in [0.25, 0.3) is 0 Å².